The van der Waals surface area contributed by atoms with Gasteiger partial charge in [0, 0.05) is 12.9 Å². The van der Waals surface area contributed by atoms with Crippen LogP contribution in [0.2, 0.25) is 0 Å². The molecule has 112 valence electrons. The van der Waals surface area contributed by atoms with Crippen LogP contribution in [0, 0.1) is 0 Å². The minimum Gasteiger partial charge on any atom is -0.460 e. The Hall–Kier alpha value is -1.40. The first kappa shape index (κ1) is 16.7. The number of aliphatic hydroxyl groups is 1. The molecule has 0 bridgehead atoms. The third-order valence-electron chi connectivity index (χ3n) is 3.27. The van der Waals surface area contributed by atoms with Crippen LogP contribution in [-0.2, 0) is 26.0 Å². The zero-order valence-electron chi connectivity index (χ0n) is 11.7. The Bertz CT molecular complexity index is 538. The first-order valence-electron chi connectivity index (χ1n) is 6.33. The molecule has 1 N–H and O–H groups in total. The van der Waals surface area contributed by atoms with Gasteiger partial charge < -0.3 is 9.84 Å². The van der Waals surface area contributed by atoms with Crippen LogP contribution in [0.25, 0.3) is 0 Å². The fourth-order valence-corrected chi connectivity index (χ4v) is 2.61. The maximum atomic E-state index is 12.1. The Morgan fingerprint density at radius 3 is 2.40 bits per heavy atom. The summed E-state index contributed by atoms with van der Waals surface area (Å²) < 4.78 is 27.2. The molecule has 20 heavy (non-hydrogen) atoms. The highest BCUT2D eigenvalue weighted by Crippen LogP contribution is 2.25. The average molecular weight is 300 g/mol. The van der Waals surface area contributed by atoms with E-state index >= 15 is 0 Å². The molecule has 0 spiro atoms. The average Bonchev–Trinajstić information content (AvgIpc) is 2.42. The molecule has 0 unspecified atom stereocenters. The van der Waals surface area contributed by atoms with Gasteiger partial charge in [-0.3, -0.25) is 4.79 Å². The van der Waals surface area contributed by atoms with E-state index in [9.17, 15) is 13.2 Å². The smallest absolute Gasteiger partial charge is 0.327 e. The van der Waals surface area contributed by atoms with Crippen molar-refractivity contribution in [1.82, 2.24) is 0 Å². The maximum absolute atomic E-state index is 12.1. The van der Waals surface area contributed by atoms with Gasteiger partial charge in [-0.05, 0) is 25.3 Å². The molecule has 0 aliphatic carbocycles. The molecule has 0 aliphatic heterocycles. The second-order valence-corrected chi connectivity index (χ2v) is 7.34. The lowest BCUT2D eigenvalue weighted by Gasteiger charge is -2.25. The molecule has 0 fully saturated rings. The summed E-state index contributed by atoms with van der Waals surface area (Å²) in [5.74, 6) is -0.780. The van der Waals surface area contributed by atoms with Crippen LogP contribution in [0.15, 0.2) is 30.3 Å². The number of esters is 1. The summed E-state index contributed by atoms with van der Waals surface area (Å²) in [6.07, 6.45) is 1.27. The molecule has 1 aromatic rings. The van der Waals surface area contributed by atoms with Gasteiger partial charge in [0.05, 0.1) is 0 Å². The van der Waals surface area contributed by atoms with Crippen LogP contribution in [0.1, 0.15) is 25.3 Å². The number of sulfone groups is 1. The highest BCUT2D eigenvalue weighted by atomic mass is 32.2. The Labute approximate surface area is 119 Å². The van der Waals surface area contributed by atoms with Gasteiger partial charge in [0.25, 0.3) is 0 Å². The Kier molecular flexibility index (Phi) is 5.71. The predicted octanol–water partition coefficient (Wildman–Crippen LogP) is 1.31. The van der Waals surface area contributed by atoms with Crippen LogP contribution in [-0.4, -0.2) is 37.1 Å². The SMILES string of the molecule is C[C@@](CCCO)(C(=O)OCc1ccccc1)S(C)(=O)=O. The molecule has 0 saturated heterocycles. The van der Waals surface area contributed by atoms with Gasteiger partial charge in [-0.25, -0.2) is 8.42 Å². The first-order valence-corrected chi connectivity index (χ1v) is 8.22. The molecule has 0 aliphatic rings. The Morgan fingerprint density at radius 2 is 1.90 bits per heavy atom. The minimum absolute atomic E-state index is 0.0317. The van der Waals surface area contributed by atoms with Gasteiger partial charge in [0.2, 0.25) is 0 Å². The Balaban J connectivity index is 2.79. The van der Waals surface area contributed by atoms with Crippen molar-refractivity contribution in [2.45, 2.75) is 31.1 Å². The number of rotatable bonds is 7. The second kappa shape index (κ2) is 6.85. The molecule has 1 rings (SSSR count). The summed E-state index contributed by atoms with van der Waals surface area (Å²) in [6, 6.07) is 9.04. The molecule has 0 amide bonds. The normalized spacial score (nSPS) is 14.6. The van der Waals surface area contributed by atoms with E-state index in [1.54, 1.807) is 12.1 Å². The van der Waals surface area contributed by atoms with Crippen molar-refractivity contribution >= 4 is 15.8 Å². The maximum Gasteiger partial charge on any atom is 0.327 e. The van der Waals surface area contributed by atoms with Crippen molar-refractivity contribution < 1.29 is 23.1 Å². The second-order valence-electron chi connectivity index (χ2n) is 4.89. The molecule has 1 atom stereocenters. The van der Waals surface area contributed by atoms with Gasteiger partial charge in [0.1, 0.15) is 6.61 Å². The monoisotopic (exact) mass is 300 g/mol. The largest absolute Gasteiger partial charge is 0.460 e. The quantitative estimate of drug-likeness (QED) is 0.768. The Morgan fingerprint density at radius 1 is 1.30 bits per heavy atom. The topological polar surface area (TPSA) is 80.7 Å². The van der Waals surface area contributed by atoms with E-state index in [1.165, 1.54) is 6.92 Å². The van der Waals surface area contributed by atoms with E-state index in [0.29, 0.717) is 0 Å². The molecule has 0 saturated carbocycles. The summed E-state index contributed by atoms with van der Waals surface area (Å²) in [5, 5.41) is 8.84. The van der Waals surface area contributed by atoms with Crippen molar-refractivity contribution in [2.75, 3.05) is 12.9 Å². The number of ether oxygens (including phenoxy) is 1. The van der Waals surface area contributed by atoms with E-state index < -0.39 is 20.6 Å². The lowest BCUT2D eigenvalue weighted by molar-refractivity contribution is -0.148. The van der Waals surface area contributed by atoms with Gasteiger partial charge >= 0.3 is 5.97 Å². The van der Waals surface area contributed by atoms with Crippen LogP contribution >= 0.6 is 0 Å². The lowest BCUT2D eigenvalue weighted by atomic mass is 10.1. The minimum atomic E-state index is -3.63. The van der Waals surface area contributed by atoms with Crippen molar-refractivity contribution in [3.05, 3.63) is 35.9 Å². The molecule has 1 aromatic carbocycles. The van der Waals surface area contributed by atoms with Gasteiger partial charge in [0.15, 0.2) is 14.6 Å². The fraction of sp³-hybridized carbons (Fsp3) is 0.500. The van der Waals surface area contributed by atoms with E-state index in [1.807, 2.05) is 18.2 Å². The highest BCUT2D eigenvalue weighted by Gasteiger charge is 2.44. The number of benzene rings is 1. The van der Waals surface area contributed by atoms with Crippen molar-refractivity contribution in [2.24, 2.45) is 0 Å². The zero-order valence-corrected chi connectivity index (χ0v) is 12.5. The molecule has 0 radical (unpaired) electrons. The molecule has 5 nitrogen and oxygen atoms in total. The fourth-order valence-electron chi connectivity index (χ4n) is 1.73. The third-order valence-corrected chi connectivity index (χ3v) is 5.28. The summed E-state index contributed by atoms with van der Waals surface area (Å²) in [4.78, 5) is 12.1. The standard InChI is InChI=1S/C14H20O5S/c1-14(9-6-10-15,20(2,17)18)13(16)19-11-12-7-4-3-5-8-12/h3-5,7-8,15H,6,9-11H2,1-2H3/t14-/m1/s1. The van der Waals surface area contributed by atoms with Crippen LogP contribution in [0.3, 0.4) is 0 Å². The molecule has 0 heterocycles. The number of carbonyl (C=O) groups is 1. The number of hydrogen-bond acceptors (Lipinski definition) is 5. The summed E-state index contributed by atoms with van der Waals surface area (Å²) in [6.45, 7) is 1.20. The van der Waals surface area contributed by atoms with Crippen LogP contribution < -0.4 is 0 Å². The zero-order chi connectivity index (χ0) is 15.2. The van der Waals surface area contributed by atoms with E-state index in [2.05, 4.69) is 0 Å². The van der Waals surface area contributed by atoms with Gasteiger partial charge in [-0.15, -0.1) is 0 Å². The first-order chi connectivity index (χ1) is 9.31. The van der Waals surface area contributed by atoms with Crippen molar-refractivity contribution in [3.8, 4) is 0 Å². The number of hydrogen-bond donors (Lipinski definition) is 1. The van der Waals surface area contributed by atoms with Gasteiger partial charge in [-0.1, -0.05) is 30.3 Å². The molecular weight excluding hydrogens is 280 g/mol. The van der Waals surface area contributed by atoms with E-state index in [4.69, 9.17) is 9.84 Å². The molecule has 0 aromatic heterocycles. The highest BCUT2D eigenvalue weighted by molar-refractivity contribution is 7.92. The van der Waals surface area contributed by atoms with Crippen molar-refractivity contribution in [1.29, 1.82) is 0 Å². The van der Waals surface area contributed by atoms with E-state index in [0.717, 1.165) is 11.8 Å². The summed E-state index contributed by atoms with van der Waals surface area (Å²) >= 11 is 0. The lowest BCUT2D eigenvalue weighted by Crippen LogP contribution is -2.44. The number of carbonyl (C=O) groups excluding carboxylic acids is 1. The van der Waals surface area contributed by atoms with E-state index in [-0.39, 0.29) is 26.1 Å². The van der Waals surface area contributed by atoms with Gasteiger partial charge in [-0.2, -0.15) is 0 Å². The summed E-state index contributed by atoms with van der Waals surface area (Å²) in [5.41, 5.74) is 0.791. The van der Waals surface area contributed by atoms with Crippen molar-refractivity contribution in [3.63, 3.8) is 0 Å². The number of aliphatic hydroxyl groups excluding tert-OH is 1. The van der Waals surface area contributed by atoms with Crippen LogP contribution in [0.5, 0.6) is 0 Å². The summed E-state index contributed by atoms with van der Waals surface area (Å²) in [7, 11) is -3.63. The molecule has 6 heteroatoms. The predicted molar refractivity (Wildman–Crippen MR) is 75.8 cm³/mol. The van der Waals surface area contributed by atoms with Crippen LogP contribution in [0.4, 0.5) is 0 Å². The molecular formula is C14H20O5S. The third kappa shape index (κ3) is 4.05.